The van der Waals surface area contributed by atoms with Crippen LogP contribution < -0.4 is 14.8 Å². The number of thiophene rings is 1. The molecule has 0 bridgehead atoms. The maximum Gasteiger partial charge on any atom is 0.317 e. The molecule has 0 spiro atoms. The van der Waals surface area contributed by atoms with Crippen LogP contribution in [-0.4, -0.2) is 37.2 Å². The topological polar surface area (TPSA) is 50.8 Å². The lowest BCUT2D eigenvalue weighted by molar-refractivity contribution is 0.0715. The predicted octanol–water partition coefficient (Wildman–Crippen LogP) is 2.73. The summed E-state index contributed by atoms with van der Waals surface area (Å²) in [6, 6.07) is 11.4. The van der Waals surface area contributed by atoms with Crippen molar-refractivity contribution in [3.8, 4) is 11.5 Å². The van der Waals surface area contributed by atoms with Crippen LogP contribution in [0.2, 0.25) is 0 Å². The highest BCUT2D eigenvalue weighted by molar-refractivity contribution is 7.09. The SMILES string of the molecule is CN(C[C@@H]1COc2ccccc2O1)C(=O)NCc1cccs1. The molecular weight excluding hydrogens is 300 g/mol. The second kappa shape index (κ2) is 6.70. The van der Waals surface area contributed by atoms with E-state index in [9.17, 15) is 4.79 Å². The van der Waals surface area contributed by atoms with Gasteiger partial charge in [0.15, 0.2) is 17.6 Å². The summed E-state index contributed by atoms with van der Waals surface area (Å²) in [5.41, 5.74) is 0. The number of likely N-dealkylation sites (N-methyl/N-ethyl adjacent to an activating group) is 1. The lowest BCUT2D eigenvalue weighted by Crippen LogP contribution is -2.45. The van der Waals surface area contributed by atoms with Crippen LogP contribution in [0, 0.1) is 0 Å². The monoisotopic (exact) mass is 318 g/mol. The van der Waals surface area contributed by atoms with Gasteiger partial charge in [-0.3, -0.25) is 0 Å². The van der Waals surface area contributed by atoms with Crippen LogP contribution in [-0.2, 0) is 6.54 Å². The van der Waals surface area contributed by atoms with Crippen LogP contribution >= 0.6 is 11.3 Å². The van der Waals surface area contributed by atoms with Gasteiger partial charge in [-0.05, 0) is 23.6 Å². The average Bonchev–Trinajstić information content (AvgIpc) is 3.06. The third-order valence-electron chi connectivity index (χ3n) is 3.39. The number of para-hydroxylation sites is 2. The Kier molecular flexibility index (Phi) is 4.48. The van der Waals surface area contributed by atoms with E-state index in [4.69, 9.17) is 9.47 Å². The smallest absolute Gasteiger partial charge is 0.317 e. The summed E-state index contributed by atoms with van der Waals surface area (Å²) >= 11 is 1.63. The van der Waals surface area contributed by atoms with E-state index < -0.39 is 0 Å². The molecule has 0 saturated carbocycles. The van der Waals surface area contributed by atoms with E-state index in [-0.39, 0.29) is 12.1 Å². The molecule has 22 heavy (non-hydrogen) atoms. The van der Waals surface area contributed by atoms with Gasteiger partial charge in [0.1, 0.15) is 6.61 Å². The summed E-state index contributed by atoms with van der Waals surface area (Å²) in [6.45, 7) is 1.47. The summed E-state index contributed by atoms with van der Waals surface area (Å²) in [4.78, 5) is 14.8. The quantitative estimate of drug-likeness (QED) is 0.943. The van der Waals surface area contributed by atoms with Gasteiger partial charge in [0.05, 0.1) is 13.1 Å². The number of carbonyl (C=O) groups excluding carboxylic acids is 1. The minimum absolute atomic E-state index is 0.115. The fourth-order valence-electron chi connectivity index (χ4n) is 2.25. The third-order valence-corrected chi connectivity index (χ3v) is 4.26. The van der Waals surface area contributed by atoms with Crippen molar-refractivity contribution in [1.82, 2.24) is 10.2 Å². The van der Waals surface area contributed by atoms with Gasteiger partial charge in [-0.2, -0.15) is 0 Å². The van der Waals surface area contributed by atoms with Gasteiger partial charge in [0.2, 0.25) is 0 Å². The number of ether oxygens (including phenoxy) is 2. The number of nitrogens with one attached hydrogen (secondary N) is 1. The standard InChI is InChI=1S/C16H18N2O3S/c1-18(16(19)17-9-13-5-4-8-22-13)10-12-11-20-14-6-2-3-7-15(14)21-12/h2-8,12H,9-11H2,1H3,(H,17,19)/t12-/m1/s1. The van der Waals surface area contributed by atoms with Crippen LogP contribution in [0.4, 0.5) is 4.79 Å². The number of nitrogens with zero attached hydrogens (tertiary/aromatic N) is 1. The summed E-state index contributed by atoms with van der Waals surface area (Å²) in [7, 11) is 1.76. The van der Waals surface area contributed by atoms with Crippen molar-refractivity contribution >= 4 is 17.4 Å². The van der Waals surface area contributed by atoms with Crippen molar-refractivity contribution in [2.45, 2.75) is 12.6 Å². The molecule has 1 aliphatic rings. The number of carbonyl (C=O) groups is 1. The highest BCUT2D eigenvalue weighted by Crippen LogP contribution is 2.30. The zero-order chi connectivity index (χ0) is 15.4. The second-order valence-electron chi connectivity index (χ2n) is 5.12. The Morgan fingerprint density at radius 2 is 2.14 bits per heavy atom. The van der Waals surface area contributed by atoms with Gasteiger partial charge in [0.25, 0.3) is 0 Å². The minimum atomic E-state index is -0.160. The Morgan fingerprint density at radius 1 is 1.32 bits per heavy atom. The van der Waals surface area contributed by atoms with Crippen molar-refractivity contribution in [3.05, 3.63) is 46.7 Å². The average molecular weight is 318 g/mol. The maximum absolute atomic E-state index is 12.1. The normalized spacial score (nSPS) is 16.1. The van der Waals surface area contributed by atoms with Gasteiger partial charge >= 0.3 is 6.03 Å². The first-order valence-corrected chi connectivity index (χ1v) is 8.00. The Bertz CT molecular complexity index is 630. The number of amides is 2. The van der Waals surface area contributed by atoms with Gasteiger partial charge in [0, 0.05) is 11.9 Å². The fourth-order valence-corrected chi connectivity index (χ4v) is 2.90. The molecule has 0 aliphatic carbocycles. The van der Waals surface area contributed by atoms with Crippen LogP contribution in [0.1, 0.15) is 4.88 Å². The molecule has 3 rings (SSSR count). The molecule has 1 N–H and O–H groups in total. The van der Waals surface area contributed by atoms with Crippen LogP contribution in [0.3, 0.4) is 0 Å². The molecular formula is C16H18N2O3S. The van der Waals surface area contributed by atoms with E-state index in [1.165, 1.54) is 0 Å². The number of rotatable bonds is 4. The number of hydrogen-bond donors (Lipinski definition) is 1. The van der Waals surface area contributed by atoms with E-state index in [0.717, 1.165) is 16.4 Å². The predicted molar refractivity (Wildman–Crippen MR) is 85.5 cm³/mol. The van der Waals surface area contributed by atoms with Crippen molar-refractivity contribution in [3.63, 3.8) is 0 Å². The first-order chi connectivity index (χ1) is 10.7. The van der Waals surface area contributed by atoms with Crippen molar-refractivity contribution < 1.29 is 14.3 Å². The van der Waals surface area contributed by atoms with E-state index in [2.05, 4.69) is 5.32 Å². The Morgan fingerprint density at radius 3 is 2.91 bits per heavy atom. The van der Waals surface area contributed by atoms with E-state index in [1.54, 1.807) is 23.3 Å². The number of hydrogen-bond acceptors (Lipinski definition) is 4. The van der Waals surface area contributed by atoms with Crippen LogP contribution in [0.15, 0.2) is 41.8 Å². The summed E-state index contributed by atoms with van der Waals surface area (Å²) in [5.74, 6) is 1.48. The van der Waals surface area contributed by atoms with Crippen molar-refractivity contribution in [1.29, 1.82) is 0 Å². The largest absolute Gasteiger partial charge is 0.486 e. The first kappa shape index (κ1) is 14.7. The maximum atomic E-state index is 12.1. The zero-order valence-electron chi connectivity index (χ0n) is 12.3. The lowest BCUT2D eigenvalue weighted by atomic mass is 10.2. The zero-order valence-corrected chi connectivity index (χ0v) is 13.1. The van der Waals surface area contributed by atoms with Crippen molar-refractivity contribution in [2.75, 3.05) is 20.2 Å². The summed E-state index contributed by atoms with van der Waals surface area (Å²) in [6.07, 6.45) is -0.160. The molecule has 2 aromatic rings. The summed E-state index contributed by atoms with van der Waals surface area (Å²) in [5, 5.41) is 4.89. The highest BCUT2D eigenvalue weighted by atomic mass is 32.1. The van der Waals surface area contributed by atoms with Crippen LogP contribution in [0.5, 0.6) is 11.5 Å². The fraction of sp³-hybridized carbons (Fsp3) is 0.312. The minimum Gasteiger partial charge on any atom is -0.486 e. The Hall–Kier alpha value is -2.21. The first-order valence-electron chi connectivity index (χ1n) is 7.12. The molecule has 0 radical (unpaired) electrons. The lowest BCUT2D eigenvalue weighted by Gasteiger charge is -2.29. The Balaban J connectivity index is 1.49. The molecule has 116 valence electrons. The molecule has 1 aromatic heterocycles. The number of urea groups is 1. The van der Waals surface area contributed by atoms with Gasteiger partial charge in [-0.1, -0.05) is 18.2 Å². The molecule has 5 nitrogen and oxygen atoms in total. The van der Waals surface area contributed by atoms with Crippen LogP contribution in [0.25, 0.3) is 0 Å². The Labute approximate surface area is 133 Å². The van der Waals surface area contributed by atoms with Crippen molar-refractivity contribution in [2.24, 2.45) is 0 Å². The van der Waals surface area contributed by atoms with E-state index in [1.807, 2.05) is 41.8 Å². The number of benzene rings is 1. The molecule has 2 amide bonds. The van der Waals surface area contributed by atoms with Gasteiger partial charge < -0.3 is 19.7 Å². The van der Waals surface area contributed by atoms with E-state index in [0.29, 0.717) is 19.7 Å². The molecule has 0 saturated heterocycles. The molecule has 1 aliphatic heterocycles. The number of fused-ring (bicyclic) bond motifs is 1. The second-order valence-corrected chi connectivity index (χ2v) is 6.15. The van der Waals surface area contributed by atoms with E-state index >= 15 is 0 Å². The molecule has 1 atom stereocenters. The molecule has 6 heteroatoms. The van der Waals surface area contributed by atoms with Gasteiger partial charge in [-0.15, -0.1) is 11.3 Å². The third kappa shape index (κ3) is 3.51. The highest BCUT2D eigenvalue weighted by Gasteiger charge is 2.23. The van der Waals surface area contributed by atoms with Gasteiger partial charge in [-0.25, -0.2) is 4.79 Å². The summed E-state index contributed by atoms with van der Waals surface area (Å²) < 4.78 is 11.5. The molecule has 0 unspecified atom stereocenters. The molecule has 2 heterocycles. The molecule has 0 fully saturated rings. The molecule has 1 aromatic carbocycles.